The van der Waals surface area contributed by atoms with Crippen LogP contribution in [0.15, 0.2) is 182 Å². The number of nitrogens with zero attached hydrogens (tertiary/aromatic N) is 2. The van der Waals surface area contributed by atoms with Crippen LogP contribution in [0.25, 0.3) is 81.2 Å². The van der Waals surface area contributed by atoms with Crippen LogP contribution in [0, 0.1) is 0 Å². The number of fused-ring (bicyclic) bond motifs is 7. The average molecular weight is 667 g/mol. The van der Waals surface area contributed by atoms with E-state index in [2.05, 4.69) is 191 Å². The highest BCUT2D eigenvalue weighted by Crippen LogP contribution is 2.50. The van der Waals surface area contributed by atoms with Gasteiger partial charge in [-0.1, -0.05) is 157 Å². The summed E-state index contributed by atoms with van der Waals surface area (Å²) in [7, 11) is 0. The molecule has 0 bridgehead atoms. The Morgan fingerprint density at radius 1 is 0.431 bits per heavy atom. The number of hydrogen-bond donors (Lipinski definition) is 0. The molecular formula is C48H30N2S. The first-order chi connectivity index (χ1) is 25.3. The predicted octanol–water partition coefficient (Wildman–Crippen LogP) is 14.0. The van der Waals surface area contributed by atoms with E-state index in [1.54, 1.807) is 0 Å². The summed E-state index contributed by atoms with van der Waals surface area (Å²) in [5.41, 5.74) is 9.79. The van der Waals surface area contributed by atoms with Crippen molar-refractivity contribution in [3.05, 3.63) is 182 Å². The minimum Gasteiger partial charge on any atom is -0.301 e. The number of para-hydroxylation sites is 1. The van der Waals surface area contributed by atoms with Gasteiger partial charge in [0.2, 0.25) is 0 Å². The predicted molar refractivity (Wildman–Crippen MR) is 220 cm³/mol. The van der Waals surface area contributed by atoms with Crippen molar-refractivity contribution < 1.29 is 0 Å². The van der Waals surface area contributed by atoms with Crippen LogP contribution >= 0.6 is 11.3 Å². The number of hydrogen-bond acceptors (Lipinski definition) is 2. The van der Waals surface area contributed by atoms with Crippen molar-refractivity contribution in [2.75, 3.05) is 4.90 Å². The lowest BCUT2D eigenvalue weighted by molar-refractivity contribution is 1.33. The minimum atomic E-state index is 1.13. The molecule has 11 rings (SSSR count). The van der Waals surface area contributed by atoms with Crippen molar-refractivity contribution in [2.45, 2.75) is 0 Å². The highest BCUT2D eigenvalue weighted by molar-refractivity contribution is 7.22. The maximum atomic E-state index is 2.55. The van der Waals surface area contributed by atoms with Crippen molar-refractivity contribution >= 4 is 86.7 Å². The third-order valence-electron chi connectivity index (χ3n) is 10.5. The molecule has 0 radical (unpaired) electrons. The number of thiophene rings is 1. The summed E-state index contributed by atoms with van der Waals surface area (Å²) in [6.45, 7) is 0. The molecule has 3 aromatic heterocycles. The molecule has 51 heavy (non-hydrogen) atoms. The Balaban J connectivity index is 1.24. The van der Waals surface area contributed by atoms with Crippen LogP contribution < -0.4 is 4.90 Å². The molecule has 0 aliphatic carbocycles. The SMILES string of the molecule is c1ccc(-c2ccc(N(c3cc4c5cccc6cc(-c7ccccc7)c7c8ccccc8n(c4s3)c7c65)c3cccc4ccccc34)cc2)cc1. The van der Waals surface area contributed by atoms with Gasteiger partial charge < -0.3 is 4.90 Å². The third-order valence-corrected chi connectivity index (χ3v) is 11.6. The standard InChI is InChI=1S/C48H30N2S/c1-3-13-31(14-4-1)32-25-27-36(28-26-32)49(42-24-12-18-33-17-7-8-20-37(33)42)44-30-41-38-22-11-19-35-29-40(34-15-5-2-6-16-34)46-39-21-9-10-23-43(39)50(48(41)51-44)47(46)45(35)38/h1-30H. The van der Waals surface area contributed by atoms with Crippen LogP contribution in [0.2, 0.25) is 0 Å². The first-order valence-electron chi connectivity index (χ1n) is 17.4. The van der Waals surface area contributed by atoms with Gasteiger partial charge in [-0.2, -0.15) is 0 Å². The normalized spacial score (nSPS) is 11.9. The van der Waals surface area contributed by atoms with E-state index in [4.69, 9.17) is 0 Å². The molecule has 0 unspecified atom stereocenters. The molecule has 0 N–H and O–H groups in total. The number of pyridine rings is 1. The Morgan fingerprint density at radius 3 is 1.88 bits per heavy atom. The molecule has 0 amide bonds. The van der Waals surface area contributed by atoms with Crippen LogP contribution in [0.1, 0.15) is 0 Å². The molecule has 8 aromatic carbocycles. The smallest absolute Gasteiger partial charge is 0.110 e. The molecule has 0 aliphatic rings. The van der Waals surface area contributed by atoms with Crippen molar-refractivity contribution in [2.24, 2.45) is 0 Å². The summed E-state index contributed by atoms with van der Waals surface area (Å²) in [5, 5.41) is 11.4. The monoisotopic (exact) mass is 666 g/mol. The first kappa shape index (κ1) is 28.4. The number of rotatable bonds is 5. The highest BCUT2D eigenvalue weighted by Gasteiger charge is 2.25. The molecular weight excluding hydrogens is 637 g/mol. The van der Waals surface area contributed by atoms with Crippen LogP contribution in [-0.2, 0) is 0 Å². The van der Waals surface area contributed by atoms with E-state index in [1.165, 1.54) is 91.9 Å². The van der Waals surface area contributed by atoms with Crippen molar-refractivity contribution in [3.63, 3.8) is 0 Å². The van der Waals surface area contributed by atoms with Crippen molar-refractivity contribution in [1.29, 1.82) is 0 Å². The fourth-order valence-electron chi connectivity index (χ4n) is 8.27. The molecule has 0 saturated carbocycles. The van der Waals surface area contributed by atoms with Crippen LogP contribution in [-0.4, -0.2) is 4.40 Å². The van der Waals surface area contributed by atoms with Gasteiger partial charge in [-0.3, -0.25) is 4.40 Å². The highest BCUT2D eigenvalue weighted by atomic mass is 32.1. The summed E-state index contributed by atoms with van der Waals surface area (Å²) >= 11 is 1.87. The number of anilines is 3. The van der Waals surface area contributed by atoms with E-state index in [0.29, 0.717) is 0 Å². The largest absolute Gasteiger partial charge is 0.301 e. The lowest BCUT2D eigenvalue weighted by atomic mass is 9.93. The fourth-order valence-corrected chi connectivity index (χ4v) is 9.50. The lowest BCUT2D eigenvalue weighted by Crippen LogP contribution is -2.08. The van der Waals surface area contributed by atoms with Crippen LogP contribution in [0.3, 0.4) is 0 Å². The van der Waals surface area contributed by atoms with Gasteiger partial charge in [-0.05, 0) is 74.8 Å². The zero-order valence-electron chi connectivity index (χ0n) is 27.6. The Bertz CT molecular complexity index is 3060. The Hall–Kier alpha value is -6.42. The van der Waals surface area contributed by atoms with E-state index in [0.717, 1.165) is 5.69 Å². The molecule has 3 heteroatoms. The zero-order chi connectivity index (χ0) is 33.5. The van der Waals surface area contributed by atoms with Gasteiger partial charge in [0.1, 0.15) is 9.83 Å². The van der Waals surface area contributed by atoms with Gasteiger partial charge in [-0.15, -0.1) is 0 Å². The molecule has 0 aliphatic heterocycles. The molecule has 0 atom stereocenters. The molecule has 0 fully saturated rings. The van der Waals surface area contributed by atoms with Gasteiger partial charge >= 0.3 is 0 Å². The summed E-state index contributed by atoms with van der Waals surface area (Å²) < 4.78 is 2.55. The van der Waals surface area contributed by atoms with E-state index in [-0.39, 0.29) is 0 Å². The summed E-state index contributed by atoms with van der Waals surface area (Å²) in [6, 6.07) is 66.5. The number of benzene rings is 8. The van der Waals surface area contributed by atoms with Crippen LogP contribution in [0.4, 0.5) is 16.4 Å². The third kappa shape index (κ3) is 4.22. The quantitative estimate of drug-likeness (QED) is 0.177. The van der Waals surface area contributed by atoms with Crippen LogP contribution in [0.5, 0.6) is 0 Å². The Morgan fingerprint density at radius 2 is 1.06 bits per heavy atom. The molecule has 3 heterocycles. The fraction of sp³-hybridized carbons (Fsp3) is 0. The van der Waals surface area contributed by atoms with Gasteiger partial charge in [0.05, 0.1) is 16.7 Å². The Kier molecular flexibility index (Phi) is 6.16. The maximum Gasteiger partial charge on any atom is 0.110 e. The molecule has 238 valence electrons. The molecule has 0 spiro atoms. The van der Waals surface area contributed by atoms with Gasteiger partial charge in [-0.25, -0.2) is 0 Å². The molecule has 11 aromatic rings. The van der Waals surface area contributed by atoms with Gasteiger partial charge in [0.15, 0.2) is 0 Å². The summed E-state index contributed by atoms with van der Waals surface area (Å²) in [4.78, 5) is 3.72. The number of aromatic nitrogens is 1. The second-order valence-corrected chi connectivity index (χ2v) is 14.3. The average Bonchev–Trinajstić information content (AvgIpc) is 3.79. The Labute approximate surface area is 299 Å². The van der Waals surface area contributed by atoms with Crippen molar-refractivity contribution in [1.82, 2.24) is 4.40 Å². The lowest BCUT2D eigenvalue weighted by Gasteiger charge is -2.25. The van der Waals surface area contributed by atoms with E-state index in [9.17, 15) is 0 Å². The van der Waals surface area contributed by atoms with E-state index in [1.807, 2.05) is 11.3 Å². The second-order valence-electron chi connectivity index (χ2n) is 13.3. The summed E-state index contributed by atoms with van der Waals surface area (Å²) in [6.07, 6.45) is 0. The van der Waals surface area contributed by atoms with Crippen molar-refractivity contribution in [3.8, 4) is 22.3 Å². The topological polar surface area (TPSA) is 7.65 Å². The molecule has 0 saturated heterocycles. The zero-order valence-corrected chi connectivity index (χ0v) is 28.4. The minimum absolute atomic E-state index is 1.13. The first-order valence-corrected chi connectivity index (χ1v) is 18.3. The second kappa shape index (κ2) is 11.0. The maximum absolute atomic E-state index is 2.55. The van der Waals surface area contributed by atoms with E-state index < -0.39 is 0 Å². The molecule has 2 nitrogen and oxygen atoms in total. The summed E-state index contributed by atoms with van der Waals surface area (Å²) in [5.74, 6) is 0. The van der Waals surface area contributed by atoms with E-state index >= 15 is 0 Å². The van der Waals surface area contributed by atoms with Gasteiger partial charge in [0.25, 0.3) is 0 Å². The van der Waals surface area contributed by atoms with Gasteiger partial charge in [0, 0.05) is 32.6 Å².